The van der Waals surface area contributed by atoms with Crippen LogP contribution in [0.2, 0.25) is 0 Å². The number of hydrogen-bond donors (Lipinski definition) is 2. The van der Waals surface area contributed by atoms with Crippen LogP contribution < -0.4 is 4.74 Å². The van der Waals surface area contributed by atoms with E-state index in [0.717, 1.165) is 5.56 Å². The van der Waals surface area contributed by atoms with Crippen LogP contribution in [0.3, 0.4) is 0 Å². The quantitative estimate of drug-likeness (QED) is 0.648. The summed E-state index contributed by atoms with van der Waals surface area (Å²) < 4.78 is 23.9. The van der Waals surface area contributed by atoms with Gasteiger partial charge in [0.2, 0.25) is 5.90 Å². The lowest BCUT2D eigenvalue weighted by Gasteiger charge is -2.16. The predicted molar refractivity (Wildman–Crippen MR) is 73.9 cm³/mol. The number of hydrogen-bond acceptors (Lipinski definition) is 4. The van der Waals surface area contributed by atoms with Gasteiger partial charge in [-0.2, -0.15) is 0 Å². The Balaban J connectivity index is 0.00000324. The molecule has 1 aromatic rings. The Morgan fingerprint density at radius 3 is 2.53 bits per heavy atom. The Kier molecular flexibility index (Phi) is 7.41. The topological polar surface area (TPSA) is 62.5 Å². The van der Waals surface area contributed by atoms with Gasteiger partial charge in [-0.05, 0) is 31.0 Å². The Morgan fingerprint density at radius 1 is 1.42 bits per heavy atom. The molecule has 0 aromatic heterocycles. The van der Waals surface area contributed by atoms with Crippen molar-refractivity contribution < 1.29 is 19.0 Å². The second kappa shape index (κ2) is 7.96. The van der Waals surface area contributed by atoms with Gasteiger partial charge in [0.1, 0.15) is 0 Å². The van der Waals surface area contributed by atoms with Crippen molar-refractivity contribution in [3.05, 3.63) is 29.1 Å². The van der Waals surface area contributed by atoms with E-state index in [1.807, 2.05) is 6.92 Å². The van der Waals surface area contributed by atoms with E-state index in [-0.39, 0.29) is 23.7 Å². The van der Waals surface area contributed by atoms with Gasteiger partial charge in [0.05, 0.1) is 13.7 Å². The Hall–Kier alpha value is -1.33. The van der Waals surface area contributed by atoms with Crippen LogP contribution in [0.15, 0.2) is 12.1 Å². The summed E-state index contributed by atoms with van der Waals surface area (Å²) in [6.45, 7) is 4.01. The third kappa shape index (κ3) is 4.08. The van der Waals surface area contributed by atoms with Gasteiger partial charge in [-0.15, -0.1) is 12.4 Å². The molecule has 0 aliphatic heterocycles. The number of rotatable bonds is 5. The van der Waals surface area contributed by atoms with E-state index in [9.17, 15) is 9.50 Å². The van der Waals surface area contributed by atoms with Crippen molar-refractivity contribution in [2.75, 3.05) is 13.7 Å². The number of methoxy groups -OCH3 is 1. The second-order valence-corrected chi connectivity index (χ2v) is 3.75. The highest BCUT2D eigenvalue weighted by molar-refractivity contribution is 5.85. The standard InChI is InChI=1S/C13H18FNO3.ClH/c1-4-8-6-9(12(16)13(15)17-3)11(14)10(7-8)18-5-2;/h6-7,12,15-16H,4-5H2,1-3H3;1H. The number of aryl methyl sites for hydroxylation is 1. The summed E-state index contributed by atoms with van der Waals surface area (Å²) >= 11 is 0. The van der Waals surface area contributed by atoms with Crippen LogP contribution in [-0.2, 0) is 11.2 Å². The first kappa shape index (κ1) is 17.7. The molecule has 4 nitrogen and oxygen atoms in total. The van der Waals surface area contributed by atoms with E-state index in [4.69, 9.17) is 10.1 Å². The van der Waals surface area contributed by atoms with Crippen LogP contribution in [0.5, 0.6) is 5.75 Å². The van der Waals surface area contributed by atoms with Crippen molar-refractivity contribution in [1.29, 1.82) is 5.41 Å². The minimum atomic E-state index is -1.42. The molecule has 6 heteroatoms. The molecule has 0 spiro atoms. The minimum absolute atomic E-state index is 0. The third-order valence-electron chi connectivity index (χ3n) is 2.60. The van der Waals surface area contributed by atoms with Gasteiger partial charge < -0.3 is 14.6 Å². The van der Waals surface area contributed by atoms with Crippen LogP contribution in [0.1, 0.15) is 31.1 Å². The lowest BCUT2D eigenvalue weighted by Crippen LogP contribution is -2.15. The van der Waals surface area contributed by atoms with Gasteiger partial charge in [-0.3, -0.25) is 5.41 Å². The summed E-state index contributed by atoms with van der Waals surface area (Å²) in [7, 11) is 1.26. The van der Waals surface area contributed by atoms with Gasteiger partial charge in [0.15, 0.2) is 17.7 Å². The summed E-state index contributed by atoms with van der Waals surface area (Å²) in [6, 6.07) is 3.13. The summed E-state index contributed by atoms with van der Waals surface area (Å²) in [6.07, 6.45) is -0.735. The van der Waals surface area contributed by atoms with Crippen molar-refractivity contribution >= 4 is 18.3 Å². The molecule has 0 aliphatic rings. The average molecular weight is 292 g/mol. The molecule has 0 fully saturated rings. The molecule has 1 aromatic carbocycles. The van der Waals surface area contributed by atoms with Crippen LogP contribution in [0.4, 0.5) is 4.39 Å². The zero-order chi connectivity index (χ0) is 13.7. The van der Waals surface area contributed by atoms with Gasteiger partial charge >= 0.3 is 0 Å². The van der Waals surface area contributed by atoms with E-state index in [1.54, 1.807) is 13.0 Å². The largest absolute Gasteiger partial charge is 0.491 e. The molecule has 0 saturated carbocycles. The first-order chi connectivity index (χ1) is 8.54. The monoisotopic (exact) mass is 291 g/mol. The van der Waals surface area contributed by atoms with Gasteiger partial charge in [0, 0.05) is 5.56 Å². The normalized spacial score (nSPS) is 11.4. The fraction of sp³-hybridized carbons (Fsp3) is 0.462. The molecule has 2 N–H and O–H groups in total. The first-order valence-corrected chi connectivity index (χ1v) is 5.80. The number of benzene rings is 1. The van der Waals surface area contributed by atoms with Crippen molar-refractivity contribution in [1.82, 2.24) is 0 Å². The Bertz CT molecular complexity index is 440. The Labute approximate surface area is 118 Å². The maximum Gasteiger partial charge on any atom is 0.214 e. The highest BCUT2D eigenvalue weighted by Crippen LogP contribution is 2.28. The zero-order valence-corrected chi connectivity index (χ0v) is 12.0. The highest BCUT2D eigenvalue weighted by Gasteiger charge is 2.22. The number of halogens is 2. The first-order valence-electron chi connectivity index (χ1n) is 5.80. The molecule has 19 heavy (non-hydrogen) atoms. The van der Waals surface area contributed by atoms with Crippen LogP contribution >= 0.6 is 12.4 Å². The maximum atomic E-state index is 14.1. The smallest absolute Gasteiger partial charge is 0.214 e. The summed E-state index contributed by atoms with van der Waals surface area (Å²) in [5, 5.41) is 17.2. The van der Waals surface area contributed by atoms with Crippen molar-refractivity contribution in [2.24, 2.45) is 0 Å². The molecular formula is C13H19ClFNO3. The molecule has 0 heterocycles. The van der Waals surface area contributed by atoms with Gasteiger partial charge in [-0.25, -0.2) is 4.39 Å². The molecule has 108 valence electrons. The van der Waals surface area contributed by atoms with E-state index >= 15 is 0 Å². The molecule has 0 saturated heterocycles. The number of aliphatic hydroxyl groups excluding tert-OH is 1. The zero-order valence-electron chi connectivity index (χ0n) is 11.2. The van der Waals surface area contributed by atoms with Crippen molar-refractivity contribution in [3.63, 3.8) is 0 Å². The lowest BCUT2D eigenvalue weighted by molar-refractivity contribution is 0.199. The number of nitrogens with one attached hydrogen (secondary N) is 1. The molecule has 0 aliphatic carbocycles. The van der Waals surface area contributed by atoms with Gasteiger partial charge in [0.25, 0.3) is 0 Å². The maximum absolute atomic E-state index is 14.1. The SMILES string of the molecule is CCOc1cc(CC)cc(C(O)C(=N)OC)c1F.Cl. The van der Waals surface area contributed by atoms with E-state index < -0.39 is 17.8 Å². The van der Waals surface area contributed by atoms with Crippen LogP contribution in [-0.4, -0.2) is 24.7 Å². The molecule has 1 unspecified atom stereocenters. The van der Waals surface area contributed by atoms with Crippen LogP contribution in [0, 0.1) is 11.2 Å². The summed E-state index contributed by atoms with van der Waals surface area (Å²) in [4.78, 5) is 0. The third-order valence-corrected chi connectivity index (χ3v) is 2.60. The molecular weight excluding hydrogens is 273 g/mol. The number of ether oxygens (including phenoxy) is 2. The van der Waals surface area contributed by atoms with E-state index in [1.165, 1.54) is 13.2 Å². The van der Waals surface area contributed by atoms with Crippen molar-refractivity contribution in [3.8, 4) is 5.75 Å². The summed E-state index contributed by atoms with van der Waals surface area (Å²) in [5.41, 5.74) is 0.836. The Morgan fingerprint density at radius 2 is 2.05 bits per heavy atom. The molecule has 1 atom stereocenters. The average Bonchev–Trinajstić information content (AvgIpc) is 2.39. The van der Waals surface area contributed by atoms with Gasteiger partial charge in [-0.1, -0.05) is 6.92 Å². The minimum Gasteiger partial charge on any atom is -0.491 e. The fourth-order valence-corrected chi connectivity index (χ4v) is 1.60. The highest BCUT2D eigenvalue weighted by atomic mass is 35.5. The second-order valence-electron chi connectivity index (χ2n) is 3.75. The lowest BCUT2D eigenvalue weighted by atomic mass is 10.0. The molecule has 0 bridgehead atoms. The van der Waals surface area contributed by atoms with E-state index in [0.29, 0.717) is 13.0 Å². The molecule has 1 rings (SSSR count). The summed E-state index contributed by atoms with van der Waals surface area (Å²) in [5.74, 6) is -0.956. The van der Waals surface area contributed by atoms with Crippen molar-refractivity contribution in [2.45, 2.75) is 26.4 Å². The fourth-order valence-electron chi connectivity index (χ4n) is 1.60. The van der Waals surface area contributed by atoms with E-state index in [2.05, 4.69) is 4.74 Å². The van der Waals surface area contributed by atoms with Crippen LogP contribution in [0.25, 0.3) is 0 Å². The molecule has 0 amide bonds. The predicted octanol–water partition coefficient (Wildman–Crippen LogP) is 2.87. The molecule has 0 radical (unpaired) electrons. The number of aliphatic hydroxyl groups is 1.